The van der Waals surface area contributed by atoms with Gasteiger partial charge < -0.3 is 16.0 Å². The van der Waals surface area contributed by atoms with Gasteiger partial charge in [0.25, 0.3) is 0 Å². The van der Waals surface area contributed by atoms with Gasteiger partial charge in [0, 0.05) is 25.0 Å². The van der Waals surface area contributed by atoms with E-state index in [1.165, 1.54) is 11.3 Å². The zero-order chi connectivity index (χ0) is 18.2. The second-order valence-electron chi connectivity index (χ2n) is 8.06. The Morgan fingerprint density at radius 1 is 1.15 bits per heavy atom. The molecule has 1 aliphatic heterocycles. The molecule has 9 heteroatoms. The Bertz CT molecular complexity index is 628. The van der Waals surface area contributed by atoms with Gasteiger partial charge in [0.1, 0.15) is 0 Å². The summed E-state index contributed by atoms with van der Waals surface area (Å²) in [5.41, 5.74) is 6.28. The Hall–Kier alpha value is -0.860. The monoisotopic (exact) mass is 407 g/mol. The van der Waals surface area contributed by atoms with Crippen molar-refractivity contribution < 1.29 is 18.0 Å². The quantitative estimate of drug-likeness (QED) is 0.697. The van der Waals surface area contributed by atoms with Crippen molar-refractivity contribution in [3.05, 3.63) is 0 Å². The van der Waals surface area contributed by atoms with Crippen LogP contribution in [0, 0.1) is 17.8 Å². The Balaban J connectivity index is 0.00000243. The molecule has 0 radical (unpaired) electrons. The first-order valence-corrected chi connectivity index (χ1v) is 11.1. The summed E-state index contributed by atoms with van der Waals surface area (Å²) < 4.78 is 22.9. The third-order valence-corrected chi connectivity index (χ3v) is 7.88. The topological polar surface area (TPSA) is 110 Å². The molecule has 3 aliphatic rings. The number of carbonyl (C=O) groups excluding carboxylic acids is 2. The summed E-state index contributed by atoms with van der Waals surface area (Å²) >= 11 is 0. The van der Waals surface area contributed by atoms with Crippen molar-refractivity contribution >= 4 is 34.1 Å². The molecule has 2 bridgehead atoms. The average Bonchev–Trinajstić information content (AvgIpc) is 2.84. The van der Waals surface area contributed by atoms with E-state index >= 15 is 0 Å². The van der Waals surface area contributed by atoms with E-state index in [0.29, 0.717) is 18.3 Å². The number of rotatable bonds is 4. The van der Waals surface area contributed by atoms with Crippen LogP contribution in [0.4, 0.5) is 0 Å². The first-order chi connectivity index (χ1) is 11.7. The second-order valence-corrected chi connectivity index (χ2v) is 10.3. The predicted octanol–water partition coefficient (Wildman–Crippen LogP) is 0.324. The molecule has 1 heterocycles. The van der Waals surface area contributed by atoms with Gasteiger partial charge in [0.05, 0.1) is 18.1 Å². The van der Waals surface area contributed by atoms with Crippen molar-refractivity contribution in [1.29, 1.82) is 0 Å². The maximum absolute atomic E-state index is 12.7. The zero-order valence-corrected chi connectivity index (χ0v) is 16.9. The van der Waals surface area contributed by atoms with Crippen LogP contribution in [0.5, 0.6) is 0 Å². The molecule has 150 valence electrons. The highest BCUT2D eigenvalue weighted by molar-refractivity contribution is 7.91. The van der Waals surface area contributed by atoms with Crippen LogP contribution in [0.1, 0.15) is 38.5 Å². The molecule has 7 nitrogen and oxygen atoms in total. The van der Waals surface area contributed by atoms with E-state index in [9.17, 15) is 18.0 Å². The van der Waals surface area contributed by atoms with Gasteiger partial charge >= 0.3 is 0 Å². The average molecular weight is 408 g/mol. The largest absolute Gasteiger partial charge is 0.351 e. The number of hydrogen-bond acceptors (Lipinski definition) is 5. The minimum absolute atomic E-state index is 0. The van der Waals surface area contributed by atoms with Crippen LogP contribution in [0.25, 0.3) is 0 Å². The third kappa shape index (κ3) is 4.89. The number of hydrogen-bond donors (Lipinski definition) is 2. The smallest absolute Gasteiger partial charge is 0.239 e. The highest BCUT2D eigenvalue weighted by Crippen LogP contribution is 2.42. The van der Waals surface area contributed by atoms with Gasteiger partial charge in [0.2, 0.25) is 11.8 Å². The van der Waals surface area contributed by atoms with E-state index in [1.807, 2.05) is 0 Å². The summed E-state index contributed by atoms with van der Waals surface area (Å²) in [5.74, 6) is 0.654. The number of carbonyl (C=O) groups is 2. The fraction of sp³-hybridized carbons (Fsp3) is 0.882. The van der Waals surface area contributed by atoms with Gasteiger partial charge in [-0.25, -0.2) is 8.42 Å². The molecule has 2 amide bonds. The van der Waals surface area contributed by atoms with E-state index in [4.69, 9.17) is 5.73 Å². The molecule has 2 saturated carbocycles. The minimum Gasteiger partial charge on any atom is -0.351 e. The summed E-state index contributed by atoms with van der Waals surface area (Å²) in [6, 6.07) is -0.108. The van der Waals surface area contributed by atoms with Crippen LogP contribution in [-0.4, -0.2) is 62.3 Å². The molecular weight excluding hydrogens is 378 g/mol. The van der Waals surface area contributed by atoms with Crippen molar-refractivity contribution in [3.63, 3.8) is 0 Å². The first kappa shape index (κ1) is 21.4. The maximum Gasteiger partial charge on any atom is 0.239 e. The number of amides is 2. The lowest BCUT2D eigenvalue weighted by molar-refractivity contribution is -0.140. The van der Waals surface area contributed by atoms with Crippen LogP contribution in [0.2, 0.25) is 0 Å². The molecule has 0 aromatic rings. The molecule has 0 aromatic heterocycles. The van der Waals surface area contributed by atoms with Crippen LogP contribution >= 0.6 is 12.4 Å². The number of likely N-dealkylation sites (N-methyl/N-ethyl adjacent to an activating group) is 1. The highest BCUT2D eigenvalue weighted by atomic mass is 35.5. The Kier molecular flexibility index (Phi) is 6.96. The van der Waals surface area contributed by atoms with Crippen molar-refractivity contribution in [2.45, 2.75) is 50.6 Å². The summed E-state index contributed by atoms with van der Waals surface area (Å²) in [6.45, 7) is -0.0206. The Morgan fingerprint density at radius 2 is 1.77 bits per heavy atom. The van der Waals surface area contributed by atoms with E-state index < -0.39 is 9.84 Å². The van der Waals surface area contributed by atoms with Crippen molar-refractivity contribution in [1.82, 2.24) is 10.2 Å². The minimum atomic E-state index is -3.02. The van der Waals surface area contributed by atoms with Gasteiger partial charge in [0.15, 0.2) is 9.84 Å². The number of nitrogens with two attached hydrogens (primary N) is 1. The van der Waals surface area contributed by atoms with Gasteiger partial charge in [-0.05, 0) is 43.9 Å². The van der Waals surface area contributed by atoms with Crippen molar-refractivity contribution in [2.24, 2.45) is 23.5 Å². The van der Waals surface area contributed by atoms with Crippen LogP contribution in [-0.2, 0) is 19.4 Å². The third-order valence-electron chi connectivity index (χ3n) is 6.12. The molecule has 0 aromatic carbocycles. The number of nitrogens with zero attached hydrogens (tertiary/aromatic N) is 1. The summed E-state index contributed by atoms with van der Waals surface area (Å²) in [6.07, 6.45) is 5.50. The van der Waals surface area contributed by atoms with E-state index in [2.05, 4.69) is 5.32 Å². The SMILES string of the molecule is CN(CC(=O)NC1CCS(=O)(=O)C1)C(=O)C1CC2CCCC(C1)C2N.Cl. The molecule has 2 aliphatic carbocycles. The molecule has 3 N–H and O–H groups in total. The maximum atomic E-state index is 12.7. The molecule has 3 unspecified atom stereocenters. The number of fused-ring (bicyclic) bond motifs is 2. The molecular formula is C17H30ClN3O4S. The standard InChI is InChI=1S/C17H29N3O4S.ClH/c1-20(9-15(21)19-14-5-6-25(23,24)10-14)17(22)13-7-11-3-2-4-12(8-13)16(11)18;/h11-14,16H,2-10,18H2,1H3,(H,19,21);1H. The summed E-state index contributed by atoms with van der Waals surface area (Å²) in [4.78, 5) is 26.3. The van der Waals surface area contributed by atoms with Crippen LogP contribution < -0.4 is 11.1 Å². The van der Waals surface area contributed by atoms with Gasteiger partial charge in [-0.3, -0.25) is 9.59 Å². The molecule has 3 fully saturated rings. The molecule has 26 heavy (non-hydrogen) atoms. The second kappa shape index (κ2) is 8.44. The Morgan fingerprint density at radius 3 is 2.31 bits per heavy atom. The Labute approximate surface area is 161 Å². The fourth-order valence-electron chi connectivity index (χ4n) is 4.78. The van der Waals surface area contributed by atoms with Crippen molar-refractivity contribution in [2.75, 3.05) is 25.1 Å². The lowest BCUT2D eigenvalue weighted by atomic mass is 9.65. The van der Waals surface area contributed by atoms with Gasteiger partial charge in [-0.15, -0.1) is 12.4 Å². The molecule has 0 spiro atoms. The molecule has 3 rings (SSSR count). The van der Waals surface area contributed by atoms with Gasteiger partial charge in [-0.2, -0.15) is 0 Å². The number of nitrogens with one attached hydrogen (secondary N) is 1. The van der Waals surface area contributed by atoms with E-state index in [0.717, 1.165) is 25.7 Å². The lowest BCUT2D eigenvalue weighted by Crippen LogP contribution is -2.50. The normalized spacial score (nSPS) is 35.2. The predicted molar refractivity (Wildman–Crippen MR) is 102 cm³/mol. The first-order valence-electron chi connectivity index (χ1n) is 9.25. The fourth-order valence-corrected chi connectivity index (χ4v) is 6.45. The summed E-state index contributed by atoms with van der Waals surface area (Å²) in [7, 11) is -1.37. The number of halogens is 1. The van der Waals surface area contributed by atoms with E-state index in [1.54, 1.807) is 7.05 Å². The number of sulfone groups is 1. The lowest BCUT2D eigenvalue weighted by Gasteiger charge is -2.44. The highest BCUT2D eigenvalue weighted by Gasteiger charge is 2.41. The molecule has 1 saturated heterocycles. The van der Waals surface area contributed by atoms with Crippen molar-refractivity contribution in [3.8, 4) is 0 Å². The van der Waals surface area contributed by atoms with Crippen LogP contribution in [0.3, 0.4) is 0 Å². The van der Waals surface area contributed by atoms with Gasteiger partial charge in [-0.1, -0.05) is 6.42 Å². The summed E-state index contributed by atoms with van der Waals surface area (Å²) in [5, 5.41) is 2.74. The molecule has 3 atom stereocenters. The van der Waals surface area contributed by atoms with Crippen LogP contribution in [0.15, 0.2) is 0 Å². The zero-order valence-electron chi connectivity index (χ0n) is 15.2. The van der Waals surface area contributed by atoms with E-state index in [-0.39, 0.29) is 60.3 Å².